The van der Waals surface area contributed by atoms with E-state index in [0.717, 1.165) is 30.1 Å². The van der Waals surface area contributed by atoms with E-state index in [4.69, 9.17) is 24.2 Å². The summed E-state index contributed by atoms with van der Waals surface area (Å²) < 4.78 is 17.0. The van der Waals surface area contributed by atoms with Gasteiger partial charge < -0.3 is 24.0 Å². The molecule has 0 atom stereocenters. The van der Waals surface area contributed by atoms with E-state index in [1.165, 1.54) is 0 Å². The van der Waals surface area contributed by atoms with Crippen LogP contribution in [0.25, 0.3) is 0 Å². The molecule has 1 aromatic carbocycles. The molecular weight excluding hydrogens is 408 g/mol. The molecule has 172 valence electrons. The average Bonchev–Trinajstić information content (AvgIpc) is 2.78. The zero-order valence-electron chi connectivity index (χ0n) is 19.4. The minimum atomic E-state index is -0.0591. The zero-order chi connectivity index (χ0) is 22.7. The van der Waals surface area contributed by atoms with Crippen molar-refractivity contribution in [2.75, 3.05) is 44.9 Å². The Morgan fingerprint density at radius 3 is 2.41 bits per heavy atom. The summed E-state index contributed by atoms with van der Waals surface area (Å²) in [6.45, 7) is 10.2. The van der Waals surface area contributed by atoms with Gasteiger partial charge in [-0.3, -0.25) is 4.79 Å². The maximum absolute atomic E-state index is 12.9. The lowest BCUT2D eigenvalue weighted by Gasteiger charge is -2.33. The highest BCUT2D eigenvalue weighted by Crippen LogP contribution is 2.33. The van der Waals surface area contributed by atoms with Gasteiger partial charge in [-0.15, -0.1) is 0 Å². The number of benzene rings is 1. The van der Waals surface area contributed by atoms with Gasteiger partial charge >= 0.3 is 0 Å². The molecule has 4 rings (SSSR count). The van der Waals surface area contributed by atoms with Crippen molar-refractivity contribution >= 4 is 11.9 Å². The van der Waals surface area contributed by atoms with Crippen molar-refractivity contribution in [1.29, 1.82) is 0 Å². The Labute approximate surface area is 189 Å². The van der Waals surface area contributed by atoms with Crippen molar-refractivity contribution in [3.05, 3.63) is 35.5 Å². The molecule has 2 aliphatic heterocycles. The van der Waals surface area contributed by atoms with Gasteiger partial charge in [-0.2, -0.15) is 4.98 Å². The third-order valence-corrected chi connectivity index (χ3v) is 5.61. The monoisotopic (exact) mass is 440 g/mol. The SMILES string of the molecule is COc1ccc(Oc2nc(N3CCOCC3)nc3c2CN(C(=O)CC(C)(C)C)CC3)cc1. The number of morpholine rings is 1. The van der Waals surface area contributed by atoms with Crippen molar-refractivity contribution in [2.24, 2.45) is 5.41 Å². The fourth-order valence-corrected chi connectivity index (χ4v) is 3.89. The van der Waals surface area contributed by atoms with Crippen LogP contribution in [0.5, 0.6) is 17.4 Å². The van der Waals surface area contributed by atoms with Crippen LogP contribution < -0.4 is 14.4 Å². The van der Waals surface area contributed by atoms with Gasteiger partial charge in [-0.05, 0) is 29.7 Å². The van der Waals surface area contributed by atoms with Gasteiger partial charge in [0, 0.05) is 32.5 Å². The number of amides is 1. The molecule has 1 fully saturated rings. The molecule has 3 heterocycles. The number of fused-ring (bicyclic) bond motifs is 1. The van der Waals surface area contributed by atoms with Gasteiger partial charge in [0.15, 0.2) is 0 Å². The molecule has 1 amide bonds. The summed E-state index contributed by atoms with van der Waals surface area (Å²) in [5.41, 5.74) is 1.77. The Morgan fingerprint density at radius 2 is 1.75 bits per heavy atom. The number of ether oxygens (including phenoxy) is 3. The normalized spacial score (nSPS) is 16.5. The Hall–Kier alpha value is -2.87. The smallest absolute Gasteiger partial charge is 0.229 e. The maximum Gasteiger partial charge on any atom is 0.229 e. The minimum Gasteiger partial charge on any atom is -0.497 e. The Bertz CT molecular complexity index is 950. The van der Waals surface area contributed by atoms with Crippen molar-refractivity contribution < 1.29 is 19.0 Å². The predicted octanol–water partition coefficient (Wildman–Crippen LogP) is 3.44. The van der Waals surface area contributed by atoms with Crippen LogP contribution in [0.15, 0.2) is 24.3 Å². The predicted molar refractivity (Wildman–Crippen MR) is 121 cm³/mol. The lowest BCUT2D eigenvalue weighted by Crippen LogP contribution is -2.40. The first-order chi connectivity index (χ1) is 15.3. The van der Waals surface area contributed by atoms with Crippen LogP contribution in [0.1, 0.15) is 38.4 Å². The van der Waals surface area contributed by atoms with E-state index >= 15 is 0 Å². The van der Waals surface area contributed by atoms with Crippen LogP contribution in [0.4, 0.5) is 5.95 Å². The molecule has 0 N–H and O–H groups in total. The van der Waals surface area contributed by atoms with Gasteiger partial charge in [0.25, 0.3) is 0 Å². The highest BCUT2D eigenvalue weighted by atomic mass is 16.5. The van der Waals surface area contributed by atoms with E-state index in [0.29, 0.717) is 56.7 Å². The van der Waals surface area contributed by atoms with E-state index in [2.05, 4.69) is 25.7 Å². The van der Waals surface area contributed by atoms with Gasteiger partial charge in [-0.25, -0.2) is 4.98 Å². The number of anilines is 1. The molecule has 1 aromatic heterocycles. The third kappa shape index (κ3) is 5.30. The van der Waals surface area contributed by atoms with Crippen molar-refractivity contribution in [2.45, 2.75) is 40.2 Å². The largest absolute Gasteiger partial charge is 0.497 e. The molecular formula is C24H32N4O4. The Kier molecular flexibility index (Phi) is 6.50. The number of nitrogens with zero attached hydrogens (tertiary/aromatic N) is 4. The summed E-state index contributed by atoms with van der Waals surface area (Å²) in [7, 11) is 1.63. The van der Waals surface area contributed by atoms with Crippen LogP contribution in [0.3, 0.4) is 0 Å². The maximum atomic E-state index is 12.9. The van der Waals surface area contributed by atoms with Crippen LogP contribution in [-0.4, -0.2) is 60.7 Å². The second-order valence-corrected chi connectivity index (χ2v) is 9.43. The molecule has 0 radical (unpaired) electrons. The number of aromatic nitrogens is 2. The quantitative estimate of drug-likeness (QED) is 0.705. The number of carbonyl (C=O) groups excluding carboxylic acids is 1. The number of hydrogen-bond donors (Lipinski definition) is 0. The lowest BCUT2D eigenvalue weighted by molar-refractivity contribution is -0.134. The summed E-state index contributed by atoms with van der Waals surface area (Å²) in [4.78, 5) is 26.5. The Balaban J connectivity index is 1.64. The number of methoxy groups -OCH3 is 1. The molecule has 32 heavy (non-hydrogen) atoms. The van der Waals surface area contributed by atoms with E-state index in [-0.39, 0.29) is 11.3 Å². The van der Waals surface area contributed by atoms with Gasteiger partial charge in [0.2, 0.25) is 17.7 Å². The fourth-order valence-electron chi connectivity index (χ4n) is 3.89. The zero-order valence-corrected chi connectivity index (χ0v) is 19.4. The molecule has 8 heteroatoms. The second kappa shape index (κ2) is 9.32. The second-order valence-electron chi connectivity index (χ2n) is 9.43. The van der Waals surface area contributed by atoms with Crippen molar-refractivity contribution in [3.63, 3.8) is 0 Å². The molecule has 0 spiro atoms. The van der Waals surface area contributed by atoms with E-state index in [9.17, 15) is 4.79 Å². The molecule has 0 bridgehead atoms. The van der Waals surface area contributed by atoms with Crippen LogP contribution in [-0.2, 0) is 22.5 Å². The van der Waals surface area contributed by atoms with Crippen LogP contribution in [0, 0.1) is 5.41 Å². The summed E-state index contributed by atoms with van der Waals surface area (Å²) in [6.07, 6.45) is 1.19. The standard InChI is InChI=1S/C24H32N4O4/c1-24(2,3)15-21(29)28-10-9-20-19(16-28)22(32-18-7-5-17(30-4)6-8-18)26-23(25-20)27-11-13-31-14-12-27/h5-8H,9-16H2,1-4H3. The number of rotatable bonds is 5. The molecule has 1 saturated heterocycles. The molecule has 0 aliphatic carbocycles. The number of carbonyl (C=O) groups is 1. The van der Waals surface area contributed by atoms with Gasteiger partial charge in [0.1, 0.15) is 11.5 Å². The summed E-state index contributed by atoms with van der Waals surface area (Å²) in [5.74, 6) is 2.74. The minimum absolute atomic E-state index is 0.0591. The molecule has 0 saturated carbocycles. The van der Waals surface area contributed by atoms with E-state index in [1.807, 2.05) is 29.2 Å². The van der Waals surface area contributed by atoms with Gasteiger partial charge in [0.05, 0.1) is 38.1 Å². The third-order valence-electron chi connectivity index (χ3n) is 5.61. The first-order valence-electron chi connectivity index (χ1n) is 11.1. The average molecular weight is 441 g/mol. The fraction of sp³-hybridized carbons (Fsp3) is 0.542. The highest BCUT2D eigenvalue weighted by molar-refractivity contribution is 5.77. The summed E-state index contributed by atoms with van der Waals surface area (Å²) >= 11 is 0. The van der Waals surface area contributed by atoms with Crippen LogP contribution in [0.2, 0.25) is 0 Å². The molecule has 8 nitrogen and oxygen atoms in total. The lowest BCUT2D eigenvalue weighted by atomic mass is 9.91. The molecule has 2 aliphatic rings. The first-order valence-corrected chi connectivity index (χ1v) is 11.1. The van der Waals surface area contributed by atoms with E-state index < -0.39 is 0 Å². The van der Waals surface area contributed by atoms with Gasteiger partial charge in [-0.1, -0.05) is 20.8 Å². The van der Waals surface area contributed by atoms with Crippen LogP contribution >= 0.6 is 0 Å². The molecule has 0 unspecified atom stereocenters. The number of hydrogen-bond acceptors (Lipinski definition) is 7. The van der Waals surface area contributed by atoms with Crippen molar-refractivity contribution in [1.82, 2.24) is 14.9 Å². The van der Waals surface area contributed by atoms with Crippen molar-refractivity contribution in [3.8, 4) is 17.4 Å². The summed E-state index contributed by atoms with van der Waals surface area (Å²) in [6, 6.07) is 7.41. The molecule has 2 aromatic rings. The Morgan fingerprint density at radius 1 is 1.06 bits per heavy atom. The summed E-state index contributed by atoms with van der Waals surface area (Å²) in [5, 5.41) is 0. The highest BCUT2D eigenvalue weighted by Gasteiger charge is 2.29. The first kappa shape index (κ1) is 22.3. The topological polar surface area (TPSA) is 77.0 Å². The van der Waals surface area contributed by atoms with E-state index in [1.54, 1.807) is 7.11 Å².